The number of pyridine rings is 1. The SMILES string of the molecule is O=C(CC1CC1)c1cccc2ccncc12. The molecule has 1 saturated carbocycles. The van der Waals surface area contributed by atoms with E-state index in [1.165, 1.54) is 12.8 Å². The molecular formula is C14H13NO. The Morgan fingerprint density at radius 3 is 3.00 bits per heavy atom. The van der Waals surface area contributed by atoms with E-state index in [-0.39, 0.29) is 5.78 Å². The van der Waals surface area contributed by atoms with Gasteiger partial charge in [-0.3, -0.25) is 9.78 Å². The zero-order chi connectivity index (χ0) is 11.0. The lowest BCUT2D eigenvalue weighted by atomic mass is 10.0. The maximum atomic E-state index is 12.1. The molecule has 0 atom stereocenters. The van der Waals surface area contributed by atoms with Crippen LogP contribution in [0.25, 0.3) is 10.8 Å². The lowest BCUT2D eigenvalue weighted by molar-refractivity contribution is 0.0977. The highest BCUT2D eigenvalue weighted by Gasteiger charge is 2.25. The molecule has 0 bridgehead atoms. The van der Waals surface area contributed by atoms with Crippen molar-refractivity contribution in [2.75, 3.05) is 0 Å². The van der Waals surface area contributed by atoms with Crippen molar-refractivity contribution in [3.63, 3.8) is 0 Å². The molecule has 0 unspecified atom stereocenters. The predicted octanol–water partition coefficient (Wildman–Crippen LogP) is 3.22. The molecule has 0 radical (unpaired) electrons. The molecule has 2 nitrogen and oxygen atoms in total. The second-order valence-electron chi connectivity index (χ2n) is 4.47. The number of aromatic nitrogens is 1. The van der Waals surface area contributed by atoms with Crippen LogP contribution in [-0.4, -0.2) is 10.8 Å². The van der Waals surface area contributed by atoms with Crippen LogP contribution in [0, 0.1) is 5.92 Å². The zero-order valence-corrected chi connectivity index (χ0v) is 9.02. The number of hydrogen-bond donors (Lipinski definition) is 0. The molecule has 0 N–H and O–H groups in total. The van der Waals surface area contributed by atoms with E-state index in [0.717, 1.165) is 16.3 Å². The van der Waals surface area contributed by atoms with Gasteiger partial charge in [-0.05, 0) is 30.2 Å². The molecule has 80 valence electrons. The van der Waals surface area contributed by atoms with Gasteiger partial charge in [-0.2, -0.15) is 0 Å². The third-order valence-corrected chi connectivity index (χ3v) is 3.16. The minimum absolute atomic E-state index is 0.265. The van der Waals surface area contributed by atoms with Crippen LogP contribution in [0.1, 0.15) is 29.6 Å². The molecule has 0 spiro atoms. The number of carbonyl (C=O) groups is 1. The molecule has 1 aromatic heterocycles. The predicted molar refractivity (Wildman–Crippen MR) is 63.4 cm³/mol. The number of Topliss-reactive ketones (excluding diaryl/α,β-unsaturated/α-hetero) is 1. The summed E-state index contributed by atoms with van der Waals surface area (Å²) in [4.78, 5) is 16.2. The molecule has 2 aromatic rings. The second-order valence-corrected chi connectivity index (χ2v) is 4.47. The van der Waals surface area contributed by atoms with E-state index in [0.29, 0.717) is 12.3 Å². The average molecular weight is 211 g/mol. The van der Waals surface area contributed by atoms with Crippen molar-refractivity contribution in [1.29, 1.82) is 0 Å². The Hall–Kier alpha value is -1.70. The Labute approximate surface area is 94.3 Å². The minimum atomic E-state index is 0.265. The Kier molecular flexibility index (Phi) is 2.21. The Morgan fingerprint density at radius 2 is 2.19 bits per heavy atom. The smallest absolute Gasteiger partial charge is 0.163 e. The lowest BCUT2D eigenvalue weighted by Gasteiger charge is -2.04. The molecule has 1 aromatic carbocycles. The largest absolute Gasteiger partial charge is 0.294 e. The fourth-order valence-corrected chi connectivity index (χ4v) is 2.05. The normalized spacial score (nSPS) is 15.2. The summed E-state index contributed by atoms with van der Waals surface area (Å²) in [5, 5.41) is 2.08. The van der Waals surface area contributed by atoms with Gasteiger partial charge in [0.2, 0.25) is 0 Å². The van der Waals surface area contributed by atoms with E-state index in [1.807, 2.05) is 24.3 Å². The first-order valence-electron chi connectivity index (χ1n) is 5.70. The molecule has 16 heavy (non-hydrogen) atoms. The first kappa shape index (κ1) is 9.52. The Balaban J connectivity index is 2.04. The van der Waals surface area contributed by atoms with Crippen LogP contribution in [-0.2, 0) is 0 Å². The maximum absolute atomic E-state index is 12.1. The highest BCUT2D eigenvalue weighted by atomic mass is 16.1. The van der Waals surface area contributed by atoms with Crippen LogP contribution in [0.5, 0.6) is 0 Å². The van der Waals surface area contributed by atoms with Gasteiger partial charge in [-0.25, -0.2) is 0 Å². The monoisotopic (exact) mass is 211 g/mol. The van der Waals surface area contributed by atoms with Crippen molar-refractivity contribution < 1.29 is 4.79 Å². The third kappa shape index (κ3) is 1.71. The average Bonchev–Trinajstić information content (AvgIpc) is 3.12. The summed E-state index contributed by atoms with van der Waals surface area (Å²) in [6, 6.07) is 7.82. The highest BCUT2D eigenvalue weighted by Crippen LogP contribution is 2.34. The van der Waals surface area contributed by atoms with Crippen LogP contribution in [0.15, 0.2) is 36.7 Å². The number of hydrogen-bond acceptors (Lipinski definition) is 2. The van der Waals surface area contributed by atoms with Crippen LogP contribution < -0.4 is 0 Å². The number of carbonyl (C=O) groups excluding carboxylic acids is 1. The van der Waals surface area contributed by atoms with Gasteiger partial charge in [0.1, 0.15) is 0 Å². The number of fused-ring (bicyclic) bond motifs is 1. The molecule has 1 heterocycles. The number of ketones is 1. The second kappa shape index (κ2) is 3.71. The first-order chi connectivity index (χ1) is 7.84. The fraction of sp³-hybridized carbons (Fsp3) is 0.286. The van der Waals surface area contributed by atoms with Crippen molar-refractivity contribution >= 4 is 16.6 Å². The summed E-state index contributed by atoms with van der Waals surface area (Å²) in [5.74, 6) is 0.903. The maximum Gasteiger partial charge on any atom is 0.163 e. The summed E-state index contributed by atoms with van der Waals surface area (Å²) in [5.41, 5.74) is 0.831. The molecular weight excluding hydrogens is 198 g/mol. The number of benzene rings is 1. The van der Waals surface area contributed by atoms with Crippen LogP contribution >= 0.6 is 0 Å². The summed E-state index contributed by atoms with van der Waals surface area (Å²) >= 11 is 0. The van der Waals surface area contributed by atoms with Crippen LogP contribution in [0.3, 0.4) is 0 Å². The molecule has 1 aliphatic rings. The van der Waals surface area contributed by atoms with E-state index < -0.39 is 0 Å². The fourth-order valence-electron chi connectivity index (χ4n) is 2.05. The summed E-state index contributed by atoms with van der Waals surface area (Å²) in [6.45, 7) is 0. The molecule has 0 aliphatic heterocycles. The standard InChI is InChI=1S/C14H13NO/c16-14(8-10-4-5-10)12-3-1-2-11-6-7-15-9-13(11)12/h1-3,6-7,9-10H,4-5,8H2. The molecule has 2 heteroatoms. The summed E-state index contributed by atoms with van der Waals surface area (Å²) < 4.78 is 0. The lowest BCUT2D eigenvalue weighted by Crippen LogP contribution is -2.01. The molecule has 0 amide bonds. The van der Waals surface area contributed by atoms with Gasteiger partial charge in [0.05, 0.1) is 0 Å². The Bertz CT molecular complexity index is 538. The van der Waals surface area contributed by atoms with Crippen molar-refractivity contribution in [3.05, 3.63) is 42.2 Å². The number of rotatable bonds is 3. The number of nitrogens with zero attached hydrogens (tertiary/aromatic N) is 1. The zero-order valence-electron chi connectivity index (χ0n) is 9.02. The topological polar surface area (TPSA) is 30.0 Å². The highest BCUT2D eigenvalue weighted by molar-refractivity contribution is 6.07. The summed E-state index contributed by atoms with van der Waals surface area (Å²) in [7, 11) is 0. The van der Waals surface area contributed by atoms with E-state index in [2.05, 4.69) is 4.98 Å². The van der Waals surface area contributed by atoms with Gasteiger partial charge in [0.15, 0.2) is 5.78 Å². The van der Waals surface area contributed by atoms with Crippen molar-refractivity contribution in [3.8, 4) is 0 Å². The third-order valence-electron chi connectivity index (χ3n) is 3.16. The molecule has 3 rings (SSSR count). The van der Waals surface area contributed by atoms with E-state index >= 15 is 0 Å². The van der Waals surface area contributed by atoms with Gasteiger partial charge in [-0.15, -0.1) is 0 Å². The van der Waals surface area contributed by atoms with Gasteiger partial charge < -0.3 is 0 Å². The molecule has 1 fully saturated rings. The molecule has 0 saturated heterocycles. The minimum Gasteiger partial charge on any atom is -0.294 e. The Morgan fingerprint density at radius 1 is 1.31 bits per heavy atom. The van der Waals surface area contributed by atoms with Crippen molar-refractivity contribution in [1.82, 2.24) is 4.98 Å². The first-order valence-corrected chi connectivity index (χ1v) is 5.70. The van der Waals surface area contributed by atoms with Gasteiger partial charge in [-0.1, -0.05) is 18.2 Å². The van der Waals surface area contributed by atoms with E-state index in [1.54, 1.807) is 12.4 Å². The van der Waals surface area contributed by atoms with Crippen molar-refractivity contribution in [2.24, 2.45) is 5.92 Å². The summed E-state index contributed by atoms with van der Waals surface area (Å²) in [6.07, 6.45) is 6.68. The molecule has 1 aliphatic carbocycles. The van der Waals surface area contributed by atoms with Gasteiger partial charge in [0, 0.05) is 29.8 Å². The van der Waals surface area contributed by atoms with E-state index in [4.69, 9.17) is 0 Å². The van der Waals surface area contributed by atoms with E-state index in [9.17, 15) is 4.79 Å². The van der Waals surface area contributed by atoms with Crippen molar-refractivity contribution in [2.45, 2.75) is 19.3 Å². The van der Waals surface area contributed by atoms with Gasteiger partial charge >= 0.3 is 0 Å². The quantitative estimate of drug-likeness (QED) is 0.729. The van der Waals surface area contributed by atoms with Gasteiger partial charge in [0.25, 0.3) is 0 Å². The van der Waals surface area contributed by atoms with Crippen LogP contribution in [0.4, 0.5) is 0 Å². The van der Waals surface area contributed by atoms with Crippen LogP contribution in [0.2, 0.25) is 0 Å².